The highest BCUT2D eigenvalue weighted by Gasteiger charge is 2.50. The van der Waals surface area contributed by atoms with Crippen LogP contribution in [0.1, 0.15) is 0 Å². The Morgan fingerprint density at radius 2 is 1.95 bits per heavy atom. The molecule has 2 bridgehead atoms. The van der Waals surface area contributed by atoms with Crippen LogP contribution in [0, 0.1) is 5.82 Å². The standard InChI is InChI=1S/C12H14FNO4Si/c13-10-2-1-3-11(8-10)19-16-6-4-14(5-7-17-19)9-12(15)18-19/h1-3,8H,4-7,9H2. The van der Waals surface area contributed by atoms with E-state index in [1.54, 1.807) is 12.1 Å². The normalized spacial score (nSPS) is 31.2. The number of nitrogens with zero attached hydrogens (tertiary/aromatic N) is 1. The summed E-state index contributed by atoms with van der Waals surface area (Å²) < 4.78 is 30.3. The lowest BCUT2D eigenvalue weighted by atomic mass is 10.3. The van der Waals surface area contributed by atoms with Gasteiger partial charge in [0.2, 0.25) is 0 Å². The van der Waals surface area contributed by atoms with Crippen LogP contribution < -0.4 is 5.19 Å². The monoisotopic (exact) mass is 283 g/mol. The highest BCUT2D eigenvalue weighted by atomic mass is 28.4. The Labute approximate surface area is 111 Å². The van der Waals surface area contributed by atoms with E-state index in [1.807, 2.05) is 4.90 Å². The molecule has 0 unspecified atom stereocenters. The molecule has 0 amide bonds. The third-order valence-electron chi connectivity index (χ3n) is 3.18. The van der Waals surface area contributed by atoms with E-state index in [2.05, 4.69) is 0 Å². The average Bonchev–Trinajstić information content (AvgIpc) is 2.31. The molecule has 4 rings (SSSR count). The number of benzene rings is 1. The Balaban J connectivity index is 1.99. The molecule has 102 valence electrons. The van der Waals surface area contributed by atoms with E-state index in [0.717, 1.165) is 0 Å². The molecular weight excluding hydrogens is 269 g/mol. The van der Waals surface area contributed by atoms with Gasteiger partial charge in [0.1, 0.15) is 5.82 Å². The van der Waals surface area contributed by atoms with Gasteiger partial charge in [-0.25, -0.2) is 4.39 Å². The van der Waals surface area contributed by atoms with Gasteiger partial charge in [-0.2, -0.15) is 0 Å². The fourth-order valence-electron chi connectivity index (χ4n) is 2.26. The van der Waals surface area contributed by atoms with Gasteiger partial charge in [0.05, 0.1) is 19.8 Å². The summed E-state index contributed by atoms with van der Waals surface area (Å²) in [4.78, 5) is 13.8. The van der Waals surface area contributed by atoms with Crippen LogP contribution in [0.2, 0.25) is 0 Å². The quantitative estimate of drug-likeness (QED) is 0.672. The average molecular weight is 283 g/mol. The summed E-state index contributed by atoms with van der Waals surface area (Å²) in [6.45, 7) is 2.37. The summed E-state index contributed by atoms with van der Waals surface area (Å²) in [7, 11) is -3.31. The van der Waals surface area contributed by atoms with Crippen molar-refractivity contribution in [3.8, 4) is 0 Å². The van der Waals surface area contributed by atoms with Crippen molar-refractivity contribution in [3.05, 3.63) is 30.1 Å². The maximum atomic E-state index is 13.4. The molecule has 1 aromatic carbocycles. The van der Waals surface area contributed by atoms with Gasteiger partial charge in [-0.1, -0.05) is 12.1 Å². The van der Waals surface area contributed by atoms with E-state index in [9.17, 15) is 9.18 Å². The highest BCUT2D eigenvalue weighted by molar-refractivity contribution is 6.76. The second kappa shape index (κ2) is 5.01. The fraction of sp³-hybridized carbons (Fsp3) is 0.417. The molecule has 0 spiro atoms. The third kappa shape index (κ3) is 2.55. The van der Waals surface area contributed by atoms with Crippen molar-refractivity contribution in [2.45, 2.75) is 0 Å². The van der Waals surface area contributed by atoms with E-state index in [0.29, 0.717) is 31.5 Å². The summed E-state index contributed by atoms with van der Waals surface area (Å²) in [6, 6.07) is 5.91. The topological polar surface area (TPSA) is 48.0 Å². The molecule has 3 saturated heterocycles. The molecule has 3 aliphatic rings. The largest absolute Gasteiger partial charge is 0.604 e. The van der Waals surface area contributed by atoms with Crippen LogP contribution in [0.15, 0.2) is 24.3 Å². The molecule has 1 aromatic rings. The zero-order chi connectivity index (χ0) is 13.3. The van der Waals surface area contributed by atoms with Crippen LogP contribution in [0.25, 0.3) is 0 Å². The van der Waals surface area contributed by atoms with E-state index < -0.39 is 14.6 Å². The smallest absolute Gasteiger partial charge is 0.469 e. The molecule has 3 heterocycles. The van der Waals surface area contributed by atoms with E-state index >= 15 is 0 Å². The van der Waals surface area contributed by atoms with Crippen molar-refractivity contribution >= 4 is 20.0 Å². The third-order valence-corrected chi connectivity index (χ3v) is 5.86. The van der Waals surface area contributed by atoms with E-state index in [4.69, 9.17) is 13.3 Å². The lowest BCUT2D eigenvalue weighted by Gasteiger charge is -2.37. The number of rotatable bonds is 1. The molecule has 0 aliphatic carbocycles. The Hall–Kier alpha value is -1.28. The Kier molecular flexibility index (Phi) is 3.36. The van der Waals surface area contributed by atoms with Gasteiger partial charge in [-0.15, -0.1) is 0 Å². The molecule has 0 atom stereocenters. The van der Waals surface area contributed by atoms with E-state index in [1.165, 1.54) is 12.1 Å². The van der Waals surface area contributed by atoms with Gasteiger partial charge in [0.25, 0.3) is 0 Å². The predicted molar refractivity (Wildman–Crippen MR) is 66.2 cm³/mol. The number of fused-ring (bicyclic) bond motifs is 6. The number of hydrogen-bond acceptors (Lipinski definition) is 5. The van der Waals surface area contributed by atoms with Gasteiger partial charge >= 0.3 is 14.8 Å². The Morgan fingerprint density at radius 3 is 2.63 bits per heavy atom. The molecule has 3 aliphatic heterocycles. The lowest BCUT2D eigenvalue weighted by Crippen LogP contribution is -2.63. The first-order valence-corrected chi connectivity index (χ1v) is 7.89. The van der Waals surface area contributed by atoms with Gasteiger partial charge in [0, 0.05) is 18.3 Å². The first kappa shape index (κ1) is 12.7. The van der Waals surface area contributed by atoms with Crippen molar-refractivity contribution in [1.82, 2.24) is 4.90 Å². The summed E-state index contributed by atoms with van der Waals surface area (Å²) in [5, 5.41) is 0.496. The van der Waals surface area contributed by atoms with Gasteiger partial charge < -0.3 is 13.3 Å². The molecule has 0 radical (unpaired) electrons. The second-order valence-electron chi connectivity index (χ2n) is 4.51. The minimum absolute atomic E-state index is 0.233. The van der Waals surface area contributed by atoms with E-state index in [-0.39, 0.29) is 12.5 Å². The van der Waals surface area contributed by atoms with Crippen molar-refractivity contribution in [2.24, 2.45) is 0 Å². The van der Waals surface area contributed by atoms with Crippen molar-refractivity contribution < 1.29 is 22.5 Å². The molecule has 0 N–H and O–H groups in total. The van der Waals surface area contributed by atoms with Crippen molar-refractivity contribution in [1.29, 1.82) is 0 Å². The number of halogens is 1. The summed E-state index contributed by atoms with van der Waals surface area (Å²) in [5.41, 5.74) is 0. The van der Waals surface area contributed by atoms with Crippen molar-refractivity contribution in [3.63, 3.8) is 0 Å². The van der Waals surface area contributed by atoms with Crippen molar-refractivity contribution in [2.75, 3.05) is 32.8 Å². The molecule has 0 aromatic heterocycles. The van der Waals surface area contributed by atoms with Crippen LogP contribution in [0.5, 0.6) is 0 Å². The summed E-state index contributed by atoms with van der Waals surface area (Å²) in [6.07, 6.45) is 0. The van der Waals surface area contributed by atoms with Crippen LogP contribution in [0.3, 0.4) is 0 Å². The molecule has 7 heteroatoms. The van der Waals surface area contributed by atoms with Gasteiger partial charge in [0.15, 0.2) is 0 Å². The van der Waals surface area contributed by atoms with Gasteiger partial charge in [-0.3, -0.25) is 9.69 Å². The zero-order valence-electron chi connectivity index (χ0n) is 10.3. The SMILES string of the molecule is O=C1CN2CCO[Si](c3cccc(F)c3)(OCC2)O1. The minimum atomic E-state index is -3.31. The Morgan fingerprint density at radius 1 is 1.21 bits per heavy atom. The van der Waals surface area contributed by atoms with Crippen LogP contribution >= 0.6 is 0 Å². The van der Waals surface area contributed by atoms with Gasteiger partial charge in [-0.05, 0) is 12.1 Å². The fourth-order valence-corrected chi connectivity index (χ4v) is 4.61. The minimum Gasteiger partial charge on any atom is -0.469 e. The maximum absolute atomic E-state index is 13.4. The van der Waals surface area contributed by atoms with Crippen LogP contribution in [-0.2, 0) is 18.1 Å². The zero-order valence-corrected chi connectivity index (χ0v) is 11.3. The highest BCUT2D eigenvalue weighted by Crippen LogP contribution is 2.17. The maximum Gasteiger partial charge on any atom is 0.604 e. The summed E-state index contributed by atoms with van der Waals surface area (Å²) >= 11 is 0. The molecule has 0 saturated carbocycles. The first-order chi connectivity index (χ1) is 9.18. The van der Waals surface area contributed by atoms with Crippen LogP contribution in [0.4, 0.5) is 4.39 Å². The predicted octanol–water partition coefficient (Wildman–Crippen LogP) is -0.123. The molecular formula is C12H14FNO4Si. The second-order valence-corrected chi connectivity index (χ2v) is 6.98. The lowest BCUT2D eigenvalue weighted by molar-refractivity contribution is -0.144. The summed E-state index contributed by atoms with van der Waals surface area (Å²) in [5.74, 6) is -0.774. The number of carbonyl (C=O) groups excluding carboxylic acids is 1. The van der Waals surface area contributed by atoms with Crippen LogP contribution in [-0.4, -0.2) is 52.5 Å². The molecule has 19 heavy (non-hydrogen) atoms. The first-order valence-electron chi connectivity index (χ1n) is 6.16. The number of carbonyl (C=O) groups is 1. The Bertz CT molecular complexity index is 488. The molecule has 3 fully saturated rings. The number of hydrogen-bond donors (Lipinski definition) is 0. The molecule has 5 nitrogen and oxygen atoms in total.